The van der Waals surface area contributed by atoms with Crippen LogP contribution >= 0.6 is 0 Å². The Bertz CT molecular complexity index is 498. The molecule has 2 aromatic rings. The molecule has 0 saturated heterocycles. The van der Waals surface area contributed by atoms with Gasteiger partial charge in [0, 0.05) is 11.1 Å². The predicted octanol–water partition coefficient (Wildman–Crippen LogP) is 2.58. The minimum Gasteiger partial charge on any atom is -0.382 e. The van der Waals surface area contributed by atoms with Gasteiger partial charge < -0.3 is 5.73 Å². The van der Waals surface area contributed by atoms with Crippen molar-refractivity contribution in [1.29, 1.82) is 0 Å². The third-order valence-electron chi connectivity index (χ3n) is 2.92. The third-order valence-corrected chi connectivity index (χ3v) is 2.92. The van der Waals surface area contributed by atoms with E-state index >= 15 is 0 Å². The Morgan fingerprint density at radius 2 is 1.87 bits per heavy atom. The first-order chi connectivity index (χ1) is 7.11. The summed E-state index contributed by atoms with van der Waals surface area (Å²) in [6.07, 6.45) is 0. The van der Waals surface area contributed by atoms with Gasteiger partial charge in [-0.05, 0) is 31.9 Å². The van der Waals surface area contributed by atoms with Gasteiger partial charge in [-0.1, -0.05) is 18.2 Å². The Balaban J connectivity index is 2.64. The SMILES string of the molecule is Cc1cccc(-c2[nH]nc(N)c2C)c1C. The fourth-order valence-corrected chi connectivity index (χ4v) is 1.70. The lowest BCUT2D eigenvalue weighted by molar-refractivity contribution is 1.10. The maximum absolute atomic E-state index is 5.72. The lowest BCUT2D eigenvalue weighted by Gasteiger charge is -2.07. The molecule has 3 nitrogen and oxygen atoms in total. The van der Waals surface area contributed by atoms with Crippen LogP contribution in [0, 0.1) is 20.8 Å². The van der Waals surface area contributed by atoms with E-state index < -0.39 is 0 Å². The number of nitrogens with two attached hydrogens (primary N) is 1. The number of nitrogens with zero attached hydrogens (tertiary/aromatic N) is 1. The Hall–Kier alpha value is -1.77. The summed E-state index contributed by atoms with van der Waals surface area (Å²) in [6.45, 7) is 6.20. The number of hydrogen-bond donors (Lipinski definition) is 2. The first-order valence-electron chi connectivity index (χ1n) is 4.98. The molecule has 1 aromatic heterocycles. The molecule has 0 fully saturated rings. The van der Waals surface area contributed by atoms with E-state index in [1.807, 2.05) is 13.0 Å². The maximum atomic E-state index is 5.72. The molecule has 0 spiro atoms. The van der Waals surface area contributed by atoms with Crippen LogP contribution in [0.15, 0.2) is 18.2 Å². The smallest absolute Gasteiger partial charge is 0.148 e. The Kier molecular flexibility index (Phi) is 2.23. The molecule has 2 rings (SSSR count). The van der Waals surface area contributed by atoms with Crippen LogP contribution in [0.25, 0.3) is 11.3 Å². The highest BCUT2D eigenvalue weighted by Gasteiger charge is 2.10. The van der Waals surface area contributed by atoms with E-state index in [9.17, 15) is 0 Å². The van der Waals surface area contributed by atoms with Crippen LogP contribution in [0.2, 0.25) is 0 Å². The van der Waals surface area contributed by atoms with Crippen LogP contribution < -0.4 is 5.73 Å². The van der Waals surface area contributed by atoms with E-state index in [4.69, 9.17) is 5.73 Å². The minimum atomic E-state index is 0.575. The summed E-state index contributed by atoms with van der Waals surface area (Å²) in [4.78, 5) is 0. The van der Waals surface area contributed by atoms with Crippen molar-refractivity contribution in [3.05, 3.63) is 34.9 Å². The Morgan fingerprint density at radius 3 is 2.47 bits per heavy atom. The molecule has 0 bridgehead atoms. The normalized spacial score (nSPS) is 10.6. The molecule has 78 valence electrons. The molecule has 0 aliphatic rings. The van der Waals surface area contributed by atoms with Gasteiger partial charge in [-0.2, -0.15) is 5.10 Å². The minimum absolute atomic E-state index is 0.575. The van der Waals surface area contributed by atoms with Gasteiger partial charge in [0.25, 0.3) is 0 Å². The molecule has 15 heavy (non-hydrogen) atoms. The lowest BCUT2D eigenvalue weighted by Crippen LogP contribution is -1.89. The van der Waals surface area contributed by atoms with Crippen molar-refractivity contribution in [3.8, 4) is 11.3 Å². The number of benzene rings is 1. The van der Waals surface area contributed by atoms with E-state index in [0.29, 0.717) is 5.82 Å². The van der Waals surface area contributed by atoms with Gasteiger partial charge in [0.1, 0.15) is 5.82 Å². The predicted molar refractivity (Wildman–Crippen MR) is 62.6 cm³/mol. The summed E-state index contributed by atoms with van der Waals surface area (Å²) in [6, 6.07) is 6.24. The highest BCUT2D eigenvalue weighted by molar-refractivity contribution is 5.71. The first kappa shape index (κ1) is 9.77. The summed E-state index contributed by atoms with van der Waals surface area (Å²) in [5.74, 6) is 0.575. The van der Waals surface area contributed by atoms with Crippen molar-refractivity contribution < 1.29 is 0 Å². The van der Waals surface area contributed by atoms with Crippen LogP contribution in [-0.4, -0.2) is 10.2 Å². The monoisotopic (exact) mass is 201 g/mol. The van der Waals surface area contributed by atoms with E-state index in [2.05, 4.69) is 36.2 Å². The quantitative estimate of drug-likeness (QED) is 0.745. The molecule has 0 aliphatic carbocycles. The second kappa shape index (κ2) is 3.42. The van der Waals surface area contributed by atoms with Crippen molar-refractivity contribution in [3.63, 3.8) is 0 Å². The van der Waals surface area contributed by atoms with Gasteiger partial charge in [0.2, 0.25) is 0 Å². The summed E-state index contributed by atoms with van der Waals surface area (Å²) in [5, 5.41) is 7.00. The van der Waals surface area contributed by atoms with Crippen molar-refractivity contribution in [2.75, 3.05) is 5.73 Å². The number of anilines is 1. The van der Waals surface area contributed by atoms with Gasteiger partial charge >= 0.3 is 0 Å². The zero-order valence-electron chi connectivity index (χ0n) is 9.26. The number of H-pyrrole nitrogens is 1. The van der Waals surface area contributed by atoms with Gasteiger partial charge in [-0.3, -0.25) is 5.10 Å². The number of aryl methyl sites for hydroxylation is 1. The number of aromatic amines is 1. The summed E-state index contributed by atoms with van der Waals surface area (Å²) in [7, 11) is 0. The molecular weight excluding hydrogens is 186 g/mol. The average Bonchev–Trinajstić information content (AvgIpc) is 2.53. The number of nitrogens with one attached hydrogen (secondary N) is 1. The highest BCUT2D eigenvalue weighted by atomic mass is 15.2. The molecule has 0 aliphatic heterocycles. The number of rotatable bonds is 1. The zero-order valence-corrected chi connectivity index (χ0v) is 9.26. The van der Waals surface area contributed by atoms with Gasteiger partial charge in [-0.25, -0.2) is 0 Å². The summed E-state index contributed by atoms with van der Waals surface area (Å²) in [5.41, 5.74) is 11.5. The lowest BCUT2D eigenvalue weighted by atomic mass is 9.99. The molecule has 3 heteroatoms. The van der Waals surface area contributed by atoms with Crippen LogP contribution in [0.1, 0.15) is 16.7 Å². The first-order valence-corrected chi connectivity index (χ1v) is 4.98. The molecule has 0 amide bonds. The average molecular weight is 201 g/mol. The van der Waals surface area contributed by atoms with Gasteiger partial charge in [-0.15, -0.1) is 0 Å². The summed E-state index contributed by atoms with van der Waals surface area (Å²) < 4.78 is 0. The maximum Gasteiger partial charge on any atom is 0.148 e. The van der Waals surface area contributed by atoms with Crippen LogP contribution in [0.4, 0.5) is 5.82 Å². The molecule has 3 N–H and O–H groups in total. The van der Waals surface area contributed by atoms with E-state index in [1.165, 1.54) is 16.7 Å². The topological polar surface area (TPSA) is 54.7 Å². The largest absolute Gasteiger partial charge is 0.382 e. The van der Waals surface area contributed by atoms with Gasteiger partial charge in [0.05, 0.1) is 5.69 Å². The molecule has 1 heterocycles. The Labute approximate surface area is 89.3 Å². The van der Waals surface area contributed by atoms with Crippen LogP contribution in [0.5, 0.6) is 0 Å². The van der Waals surface area contributed by atoms with E-state index in [0.717, 1.165) is 11.3 Å². The zero-order chi connectivity index (χ0) is 11.0. The molecular formula is C12H15N3. The number of aromatic nitrogens is 2. The van der Waals surface area contributed by atoms with E-state index in [1.54, 1.807) is 0 Å². The number of nitrogen functional groups attached to an aromatic ring is 1. The van der Waals surface area contributed by atoms with Gasteiger partial charge in [0.15, 0.2) is 0 Å². The van der Waals surface area contributed by atoms with Crippen molar-refractivity contribution in [2.45, 2.75) is 20.8 Å². The van der Waals surface area contributed by atoms with Crippen LogP contribution in [0.3, 0.4) is 0 Å². The second-order valence-electron chi connectivity index (χ2n) is 3.86. The van der Waals surface area contributed by atoms with E-state index in [-0.39, 0.29) is 0 Å². The summed E-state index contributed by atoms with van der Waals surface area (Å²) >= 11 is 0. The van der Waals surface area contributed by atoms with Crippen molar-refractivity contribution in [2.24, 2.45) is 0 Å². The third kappa shape index (κ3) is 1.50. The second-order valence-corrected chi connectivity index (χ2v) is 3.86. The molecule has 0 unspecified atom stereocenters. The van der Waals surface area contributed by atoms with Crippen molar-refractivity contribution in [1.82, 2.24) is 10.2 Å². The molecule has 1 aromatic carbocycles. The molecule has 0 radical (unpaired) electrons. The molecule has 0 saturated carbocycles. The number of hydrogen-bond acceptors (Lipinski definition) is 2. The Morgan fingerprint density at radius 1 is 1.13 bits per heavy atom. The standard InChI is InChI=1S/C12H15N3/c1-7-5-4-6-10(8(7)2)11-9(3)12(13)15-14-11/h4-6H,1-3H3,(H3,13,14,15). The fourth-order valence-electron chi connectivity index (χ4n) is 1.70. The van der Waals surface area contributed by atoms with Crippen LogP contribution in [-0.2, 0) is 0 Å². The molecule has 0 atom stereocenters. The fraction of sp³-hybridized carbons (Fsp3) is 0.250. The van der Waals surface area contributed by atoms with Crippen molar-refractivity contribution >= 4 is 5.82 Å². The highest BCUT2D eigenvalue weighted by Crippen LogP contribution is 2.28.